The molecule has 0 fully saturated rings. The van der Waals surface area contributed by atoms with Crippen molar-refractivity contribution in [1.82, 2.24) is 0 Å². The summed E-state index contributed by atoms with van der Waals surface area (Å²) in [5.41, 5.74) is 1.15. The average Bonchev–Trinajstić information content (AvgIpc) is 2.30. The number of benzene rings is 1. The maximum atomic E-state index is 10.8. The van der Waals surface area contributed by atoms with Crippen LogP contribution in [0.25, 0.3) is 0 Å². The van der Waals surface area contributed by atoms with Crippen molar-refractivity contribution in [3.05, 3.63) is 33.9 Å². The molecule has 0 aliphatic carbocycles. The average molecular weight is 237 g/mol. The van der Waals surface area contributed by atoms with Gasteiger partial charge in [0, 0.05) is 6.07 Å². The predicted octanol–water partition coefficient (Wildman–Crippen LogP) is 3.73. The van der Waals surface area contributed by atoms with Crippen molar-refractivity contribution in [2.75, 3.05) is 6.61 Å². The monoisotopic (exact) mass is 237 g/mol. The summed E-state index contributed by atoms with van der Waals surface area (Å²) in [6.45, 7) is 4.42. The van der Waals surface area contributed by atoms with E-state index in [1.165, 1.54) is 18.9 Å². The van der Waals surface area contributed by atoms with Gasteiger partial charge in [-0.15, -0.1) is 0 Å². The summed E-state index contributed by atoms with van der Waals surface area (Å²) in [4.78, 5) is 10.4. The molecule has 0 atom stereocenters. The Hall–Kier alpha value is -1.58. The molecule has 0 bridgehead atoms. The van der Waals surface area contributed by atoms with Crippen LogP contribution in [-0.2, 0) is 6.42 Å². The standard InChI is InChI=1S/C13H19NO3/c1-3-5-6-7-11-8-9-12(14(15)16)13(10-11)17-4-2/h8-10H,3-7H2,1-2H3. The quantitative estimate of drug-likeness (QED) is 0.412. The van der Waals surface area contributed by atoms with Gasteiger partial charge in [0.2, 0.25) is 0 Å². The van der Waals surface area contributed by atoms with E-state index in [1.54, 1.807) is 6.07 Å². The second kappa shape index (κ2) is 6.89. The van der Waals surface area contributed by atoms with Gasteiger partial charge in [0.25, 0.3) is 0 Å². The van der Waals surface area contributed by atoms with Crippen LogP contribution < -0.4 is 4.74 Å². The highest BCUT2D eigenvalue weighted by Crippen LogP contribution is 2.28. The van der Waals surface area contributed by atoms with E-state index in [2.05, 4.69) is 6.92 Å². The smallest absolute Gasteiger partial charge is 0.310 e. The van der Waals surface area contributed by atoms with E-state index in [0.717, 1.165) is 18.4 Å². The maximum Gasteiger partial charge on any atom is 0.310 e. The number of unbranched alkanes of at least 4 members (excludes halogenated alkanes) is 2. The molecule has 0 radical (unpaired) electrons. The van der Waals surface area contributed by atoms with Gasteiger partial charge in [-0.1, -0.05) is 25.8 Å². The van der Waals surface area contributed by atoms with Crippen molar-refractivity contribution in [2.45, 2.75) is 39.5 Å². The molecule has 0 spiro atoms. The van der Waals surface area contributed by atoms with Gasteiger partial charge in [-0.25, -0.2) is 0 Å². The fraction of sp³-hybridized carbons (Fsp3) is 0.538. The van der Waals surface area contributed by atoms with Gasteiger partial charge in [0.15, 0.2) is 5.75 Å². The summed E-state index contributed by atoms with van der Waals surface area (Å²) >= 11 is 0. The Kier molecular flexibility index (Phi) is 5.46. The Morgan fingerprint density at radius 1 is 1.29 bits per heavy atom. The topological polar surface area (TPSA) is 52.4 Å². The molecule has 0 aliphatic rings. The molecule has 0 aromatic heterocycles. The van der Waals surface area contributed by atoms with Crippen LogP contribution in [0.5, 0.6) is 5.75 Å². The van der Waals surface area contributed by atoms with Gasteiger partial charge in [-0.2, -0.15) is 0 Å². The Balaban J connectivity index is 2.81. The first-order valence-corrected chi connectivity index (χ1v) is 6.09. The van der Waals surface area contributed by atoms with Crippen LogP contribution >= 0.6 is 0 Å². The Morgan fingerprint density at radius 2 is 2.06 bits per heavy atom. The second-order valence-electron chi connectivity index (χ2n) is 3.95. The Bertz CT molecular complexity index is 377. The highest BCUT2D eigenvalue weighted by molar-refractivity contribution is 5.48. The third-order valence-corrected chi connectivity index (χ3v) is 2.59. The molecule has 0 saturated carbocycles. The molecule has 0 aliphatic heterocycles. The van der Waals surface area contributed by atoms with E-state index < -0.39 is 4.92 Å². The normalized spacial score (nSPS) is 10.2. The number of hydrogen-bond donors (Lipinski definition) is 0. The largest absolute Gasteiger partial charge is 0.487 e. The first-order valence-electron chi connectivity index (χ1n) is 6.09. The highest BCUT2D eigenvalue weighted by atomic mass is 16.6. The van der Waals surface area contributed by atoms with Crippen LogP contribution in [0.4, 0.5) is 5.69 Å². The number of rotatable bonds is 7. The van der Waals surface area contributed by atoms with E-state index >= 15 is 0 Å². The van der Waals surface area contributed by atoms with Crippen molar-refractivity contribution in [2.24, 2.45) is 0 Å². The van der Waals surface area contributed by atoms with Gasteiger partial charge >= 0.3 is 5.69 Å². The van der Waals surface area contributed by atoms with Crippen LogP contribution in [0.2, 0.25) is 0 Å². The molecule has 1 rings (SSSR count). The summed E-state index contributed by atoms with van der Waals surface area (Å²) in [5, 5.41) is 10.8. The fourth-order valence-electron chi connectivity index (χ4n) is 1.72. The number of nitro benzene ring substituents is 1. The highest BCUT2D eigenvalue weighted by Gasteiger charge is 2.14. The zero-order chi connectivity index (χ0) is 12.7. The number of ether oxygens (including phenoxy) is 1. The number of nitro groups is 1. The zero-order valence-electron chi connectivity index (χ0n) is 10.4. The van der Waals surface area contributed by atoms with Crippen LogP contribution in [0.3, 0.4) is 0 Å². The molecule has 1 aromatic carbocycles. The zero-order valence-corrected chi connectivity index (χ0v) is 10.4. The van der Waals surface area contributed by atoms with Crippen molar-refractivity contribution in [1.29, 1.82) is 0 Å². The first-order chi connectivity index (χ1) is 8.19. The lowest BCUT2D eigenvalue weighted by Crippen LogP contribution is -1.98. The molecule has 0 saturated heterocycles. The first kappa shape index (κ1) is 13.5. The number of hydrogen-bond acceptors (Lipinski definition) is 3. The van der Waals surface area contributed by atoms with E-state index in [9.17, 15) is 10.1 Å². The summed E-state index contributed by atoms with van der Waals surface area (Å²) < 4.78 is 5.30. The molecule has 1 aromatic rings. The van der Waals surface area contributed by atoms with Gasteiger partial charge < -0.3 is 4.74 Å². The van der Waals surface area contributed by atoms with Gasteiger partial charge in [0.05, 0.1) is 11.5 Å². The summed E-state index contributed by atoms with van der Waals surface area (Å²) in [6.07, 6.45) is 4.41. The van der Waals surface area contributed by atoms with Crippen molar-refractivity contribution >= 4 is 5.69 Å². The minimum absolute atomic E-state index is 0.0473. The molecule has 94 valence electrons. The molecular weight excluding hydrogens is 218 g/mol. The van der Waals surface area contributed by atoms with Crippen LogP contribution in [0, 0.1) is 10.1 Å². The van der Waals surface area contributed by atoms with E-state index in [4.69, 9.17) is 4.74 Å². The molecule has 0 unspecified atom stereocenters. The molecular formula is C13H19NO3. The maximum absolute atomic E-state index is 10.8. The van der Waals surface area contributed by atoms with Crippen molar-refractivity contribution < 1.29 is 9.66 Å². The number of nitrogens with zero attached hydrogens (tertiary/aromatic N) is 1. The lowest BCUT2D eigenvalue weighted by molar-refractivity contribution is -0.385. The SMILES string of the molecule is CCCCCc1ccc([N+](=O)[O-])c(OCC)c1. The van der Waals surface area contributed by atoms with E-state index in [-0.39, 0.29) is 5.69 Å². The fourth-order valence-corrected chi connectivity index (χ4v) is 1.72. The molecule has 0 amide bonds. The van der Waals surface area contributed by atoms with Gasteiger partial charge in [0.1, 0.15) is 0 Å². The predicted molar refractivity (Wildman–Crippen MR) is 67.5 cm³/mol. The summed E-state index contributed by atoms with van der Waals surface area (Å²) in [5.74, 6) is 0.381. The third kappa shape index (κ3) is 4.06. The lowest BCUT2D eigenvalue weighted by atomic mass is 10.1. The molecule has 0 heterocycles. The van der Waals surface area contributed by atoms with E-state index in [1.807, 2.05) is 13.0 Å². The lowest BCUT2D eigenvalue weighted by Gasteiger charge is -2.06. The molecule has 17 heavy (non-hydrogen) atoms. The molecule has 4 nitrogen and oxygen atoms in total. The van der Waals surface area contributed by atoms with Crippen molar-refractivity contribution in [3.8, 4) is 5.75 Å². The third-order valence-electron chi connectivity index (χ3n) is 2.59. The molecule has 4 heteroatoms. The number of aryl methyl sites for hydroxylation is 1. The van der Waals surface area contributed by atoms with Crippen LogP contribution in [-0.4, -0.2) is 11.5 Å². The Morgan fingerprint density at radius 3 is 2.65 bits per heavy atom. The summed E-state index contributed by atoms with van der Waals surface area (Å²) in [7, 11) is 0. The van der Waals surface area contributed by atoms with Crippen LogP contribution in [0.15, 0.2) is 18.2 Å². The van der Waals surface area contributed by atoms with Crippen molar-refractivity contribution in [3.63, 3.8) is 0 Å². The second-order valence-corrected chi connectivity index (χ2v) is 3.95. The van der Waals surface area contributed by atoms with Gasteiger partial charge in [-0.3, -0.25) is 10.1 Å². The minimum atomic E-state index is -0.402. The molecule has 0 N–H and O–H groups in total. The van der Waals surface area contributed by atoms with Gasteiger partial charge in [-0.05, 0) is 31.4 Å². The van der Waals surface area contributed by atoms with Crippen LogP contribution in [0.1, 0.15) is 38.7 Å². The minimum Gasteiger partial charge on any atom is -0.487 e. The Labute approximate surface area is 102 Å². The summed E-state index contributed by atoms with van der Waals surface area (Å²) in [6, 6.07) is 5.14. The van der Waals surface area contributed by atoms with E-state index in [0.29, 0.717) is 12.4 Å².